The lowest BCUT2D eigenvalue weighted by Crippen LogP contribution is -2.45. The topological polar surface area (TPSA) is 29.5 Å². The minimum atomic E-state index is -1.68. The Labute approximate surface area is 127 Å². The predicted molar refractivity (Wildman–Crippen MR) is 94.4 cm³/mol. The lowest BCUT2D eigenvalue weighted by molar-refractivity contribution is 0.150. The Bertz CT molecular complexity index is 326. The van der Waals surface area contributed by atoms with Crippen molar-refractivity contribution in [3.63, 3.8) is 0 Å². The molecule has 0 aliphatic heterocycles. The van der Waals surface area contributed by atoms with Gasteiger partial charge in [0, 0.05) is 6.10 Å². The molecule has 1 N–H and O–H groups in total. The summed E-state index contributed by atoms with van der Waals surface area (Å²) in [6.45, 7) is 11.5. The third-order valence-corrected chi connectivity index (χ3v) is 11.8. The zero-order chi connectivity index (χ0) is 14.8. The molecule has 0 aromatic rings. The molecule has 0 aromatic heterocycles. The van der Waals surface area contributed by atoms with Crippen molar-refractivity contribution in [3.8, 4) is 0 Å². The molecule has 0 amide bonds. The van der Waals surface area contributed by atoms with Crippen molar-refractivity contribution < 1.29 is 9.53 Å². The first-order valence-corrected chi connectivity index (χ1v) is 12.5. The van der Waals surface area contributed by atoms with Crippen molar-refractivity contribution in [3.05, 3.63) is 0 Å². The molecular formula is C14H30O2S2Si. The maximum absolute atomic E-state index is 9.46. The molecule has 3 atom stereocenters. The average molecular weight is 323 g/mol. The van der Waals surface area contributed by atoms with Crippen LogP contribution in [0.3, 0.4) is 0 Å². The minimum Gasteiger partial charge on any atom is -0.495 e. The number of rotatable bonds is 4. The van der Waals surface area contributed by atoms with Crippen LogP contribution in [-0.2, 0) is 4.43 Å². The maximum atomic E-state index is 9.46. The van der Waals surface area contributed by atoms with Gasteiger partial charge >= 0.3 is 0 Å². The number of aliphatic hydroxyl groups excluding tert-OH is 1. The Balaban J connectivity index is 2.65. The van der Waals surface area contributed by atoms with Gasteiger partial charge in [0.05, 0.1) is 0 Å². The summed E-state index contributed by atoms with van der Waals surface area (Å²) < 4.78 is 6.80. The van der Waals surface area contributed by atoms with E-state index in [9.17, 15) is 5.11 Å². The van der Waals surface area contributed by atoms with E-state index in [0.717, 1.165) is 5.75 Å². The molecular weight excluding hydrogens is 292 g/mol. The van der Waals surface area contributed by atoms with Crippen molar-refractivity contribution in [2.45, 2.75) is 64.3 Å². The van der Waals surface area contributed by atoms with Gasteiger partial charge < -0.3 is 9.53 Å². The van der Waals surface area contributed by atoms with E-state index in [4.69, 9.17) is 16.6 Å². The number of hydrogen-bond acceptors (Lipinski definition) is 2. The van der Waals surface area contributed by atoms with Crippen LogP contribution >= 0.6 is 23.1 Å². The van der Waals surface area contributed by atoms with E-state index in [1.807, 2.05) is 0 Å². The average Bonchev–Trinajstić information content (AvgIpc) is 2.63. The molecule has 0 saturated heterocycles. The molecule has 0 heterocycles. The van der Waals surface area contributed by atoms with E-state index in [0.29, 0.717) is 12.0 Å². The Kier molecular flexibility index (Phi) is 5.94. The van der Waals surface area contributed by atoms with Crippen molar-refractivity contribution >= 4 is 35.8 Å². The molecule has 0 spiro atoms. The van der Waals surface area contributed by atoms with Gasteiger partial charge in [0.15, 0.2) is 12.7 Å². The Hall–Kier alpha value is 0.417. The summed E-state index contributed by atoms with van der Waals surface area (Å²) in [7, 11) is -2.20. The van der Waals surface area contributed by atoms with Crippen LogP contribution in [0, 0.1) is 5.92 Å². The van der Waals surface area contributed by atoms with Crippen LogP contribution in [0.4, 0.5) is 0 Å². The molecule has 114 valence electrons. The zero-order valence-corrected chi connectivity index (χ0v) is 15.9. The van der Waals surface area contributed by atoms with Crippen LogP contribution in [-0.4, -0.2) is 35.9 Å². The highest BCUT2D eigenvalue weighted by Gasteiger charge is 2.42. The molecule has 19 heavy (non-hydrogen) atoms. The summed E-state index contributed by atoms with van der Waals surface area (Å²) >= 11 is 4.91. The number of thiol groups is 1. The summed E-state index contributed by atoms with van der Waals surface area (Å²) in [4.78, 5) is 0. The SMILES string of the molecule is C[SH](CC1CCCC1O[Si](C)(C)C(C)(C)C)C(O)=S. The standard InChI is InChI=1S/C14H30O2S2Si/c1-14(2,3)19(5,6)16-12-9-7-8-11(12)10-18(4)13(15)17/h11-12,18H,7-10H2,1-6H3,(H,15,17). The van der Waals surface area contributed by atoms with Crippen LogP contribution in [0.1, 0.15) is 40.0 Å². The third kappa shape index (κ3) is 4.72. The van der Waals surface area contributed by atoms with Gasteiger partial charge in [0.1, 0.15) is 0 Å². The first kappa shape index (κ1) is 17.5. The molecule has 1 rings (SSSR count). The van der Waals surface area contributed by atoms with Crippen molar-refractivity contribution in [2.75, 3.05) is 12.0 Å². The molecule has 3 unspecified atom stereocenters. The largest absolute Gasteiger partial charge is 0.495 e. The molecule has 1 fully saturated rings. The van der Waals surface area contributed by atoms with Crippen LogP contribution in [0.2, 0.25) is 18.1 Å². The van der Waals surface area contributed by atoms with Crippen molar-refractivity contribution in [1.82, 2.24) is 0 Å². The van der Waals surface area contributed by atoms with E-state index in [1.54, 1.807) is 0 Å². The van der Waals surface area contributed by atoms with E-state index in [-0.39, 0.29) is 9.42 Å². The molecule has 1 aliphatic carbocycles. The van der Waals surface area contributed by atoms with Crippen LogP contribution in [0.25, 0.3) is 0 Å². The summed E-state index contributed by atoms with van der Waals surface area (Å²) in [5, 5.41) is 9.72. The highest BCUT2D eigenvalue weighted by atomic mass is 32.2. The fourth-order valence-corrected chi connectivity index (χ4v) is 5.27. The second kappa shape index (κ2) is 6.46. The molecule has 1 saturated carbocycles. The highest BCUT2D eigenvalue weighted by Crippen LogP contribution is 2.42. The minimum absolute atomic E-state index is 0.216. The smallest absolute Gasteiger partial charge is 0.196 e. The van der Waals surface area contributed by atoms with E-state index in [2.05, 4.69) is 40.1 Å². The second-order valence-electron chi connectivity index (χ2n) is 7.27. The monoisotopic (exact) mass is 322 g/mol. The Morgan fingerprint density at radius 3 is 2.42 bits per heavy atom. The van der Waals surface area contributed by atoms with Gasteiger partial charge in [0.2, 0.25) is 0 Å². The normalized spacial score (nSPS) is 27.4. The number of hydrogen-bond donors (Lipinski definition) is 2. The fraction of sp³-hybridized carbons (Fsp3) is 0.929. The summed E-state index contributed by atoms with van der Waals surface area (Å²) in [5.41, 5.74) is 0. The van der Waals surface area contributed by atoms with Crippen molar-refractivity contribution in [2.24, 2.45) is 5.92 Å². The van der Waals surface area contributed by atoms with Gasteiger partial charge in [0.25, 0.3) is 0 Å². The predicted octanol–water partition coefficient (Wildman–Crippen LogP) is 4.65. The van der Waals surface area contributed by atoms with E-state index in [1.165, 1.54) is 19.3 Å². The lowest BCUT2D eigenvalue weighted by atomic mass is 10.1. The zero-order valence-electron chi connectivity index (χ0n) is 13.2. The molecule has 5 heteroatoms. The van der Waals surface area contributed by atoms with E-state index >= 15 is 0 Å². The van der Waals surface area contributed by atoms with Crippen LogP contribution in [0.5, 0.6) is 0 Å². The summed E-state index contributed by atoms with van der Waals surface area (Å²) in [6, 6.07) is 0. The van der Waals surface area contributed by atoms with Gasteiger partial charge in [-0.1, -0.05) is 27.2 Å². The summed E-state index contributed by atoms with van der Waals surface area (Å²) in [6.07, 6.45) is 6.14. The lowest BCUT2D eigenvalue weighted by Gasteiger charge is -2.40. The highest BCUT2D eigenvalue weighted by molar-refractivity contribution is 8.35. The number of thiocarbonyl (C=S) groups is 1. The molecule has 0 radical (unpaired) electrons. The summed E-state index contributed by atoms with van der Waals surface area (Å²) in [5.74, 6) is 1.62. The first-order valence-electron chi connectivity index (χ1n) is 7.16. The third-order valence-electron chi connectivity index (χ3n) is 4.68. The van der Waals surface area contributed by atoms with Gasteiger partial charge in [-0.3, -0.25) is 0 Å². The molecule has 2 nitrogen and oxygen atoms in total. The number of aliphatic hydroxyl groups is 1. The molecule has 0 bridgehead atoms. The van der Waals surface area contributed by atoms with Crippen molar-refractivity contribution in [1.29, 1.82) is 0 Å². The van der Waals surface area contributed by atoms with Crippen LogP contribution < -0.4 is 0 Å². The quantitative estimate of drug-likeness (QED) is 0.448. The second-order valence-corrected chi connectivity index (χ2v) is 14.9. The Morgan fingerprint density at radius 2 is 1.95 bits per heavy atom. The molecule has 0 aromatic carbocycles. The Morgan fingerprint density at radius 1 is 1.37 bits per heavy atom. The fourth-order valence-electron chi connectivity index (χ4n) is 2.35. The van der Waals surface area contributed by atoms with Gasteiger partial charge in [-0.2, -0.15) is 10.9 Å². The van der Waals surface area contributed by atoms with Crippen LogP contribution in [0.15, 0.2) is 0 Å². The molecule has 1 aliphatic rings. The van der Waals surface area contributed by atoms with Gasteiger partial charge in [-0.05, 0) is 61.1 Å². The van der Waals surface area contributed by atoms with E-state index < -0.39 is 19.2 Å². The van der Waals surface area contributed by atoms with Gasteiger partial charge in [-0.15, -0.1) is 0 Å². The van der Waals surface area contributed by atoms with Gasteiger partial charge in [-0.25, -0.2) is 0 Å². The first-order chi connectivity index (χ1) is 8.54. The maximum Gasteiger partial charge on any atom is 0.196 e.